The van der Waals surface area contributed by atoms with E-state index in [1.807, 2.05) is 0 Å². The van der Waals surface area contributed by atoms with Gasteiger partial charge in [0, 0.05) is 11.4 Å². The highest BCUT2D eigenvalue weighted by Gasteiger charge is 2.18. The second-order valence-corrected chi connectivity index (χ2v) is 3.32. The number of carbonyl (C=O) groups is 1. The van der Waals surface area contributed by atoms with Crippen LogP contribution in [0.25, 0.3) is 0 Å². The van der Waals surface area contributed by atoms with Gasteiger partial charge in [-0.05, 0) is 11.6 Å². The first-order valence-corrected chi connectivity index (χ1v) is 5.14. The smallest absolute Gasteiger partial charge is 0.387 e. The van der Waals surface area contributed by atoms with Crippen molar-refractivity contribution in [2.75, 3.05) is 0 Å². The van der Waals surface area contributed by atoms with Crippen LogP contribution >= 0.6 is 15.9 Å². The van der Waals surface area contributed by atoms with Crippen LogP contribution < -0.4 is 4.74 Å². The van der Waals surface area contributed by atoms with Gasteiger partial charge in [0.25, 0.3) is 0 Å². The molecule has 3 nitrogen and oxygen atoms in total. The van der Waals surface area contributed by atoms with Crippen LogP contribution in [0.2, 0.25) is 0 Å². The van der Waals surface area contributed by atoms with Crippen molar-refractivity contribution in [3.05, 3.63) is 29.1 Å². The van der Waals surface area contributed by atoms with Gasteiger partial charge in [-0.2, -0.15) is 8.78 Å². The van der Waals surface area contributed by atoms with Crippen molar-refractivity contribution in [3.8, 4) is 5.75 Å². The summed E-state index contributed by atoms with van der Waals surface area (Å²) in [5.41, 5.74) is -0.526. The van der Waals surface area contributed by atoms with E-state index in [1.165, 1.54) is 0 Å². The molecule has 7 heteroatoms. The second kappa shape index (κ2) is 5.20. The van der Waals surface area contributed by atoms with Gasteiger partial charge >= 0.3 is 12.6 Å². The van der Waals surface area contributed by atoms with Gasteiger partial charge in [-0.25, -0.2) is 9.18 Å². The molecule has 0 atom stereocenters. The van der Waals surface area contributed by atoms with Crippen molar-refractivity contribution < 1.29 is 27.8 Å². The third-order valence-electron chi connectivity index (χ3n) is 1.73. The van der Waals surface area contributed by atoms with Gasteiger partial charge in [0.2, 0.25) is 0 Å². The van der Waals surface area contributed by atoms with Gasteiger partial charge in [-0.15, -0.1) is 0 Å². The molecule has 0 saturated heterocycles. The number of aromatic carboxylic acids is 1. The summed E-state index contributed by atoms with van der Waals surface area (Å²) in [4.78, 5) is 10.7. The molecule has 0 aromatic heterocycles. The van der Waals surface area contributed by atoms with Crippen molar-refractivity contribution in [2.45, 2.75) is 11.9 Å². The van der Waals surface area contributed by atoms with E-state index in [-0.39, 0.29) is 10.9 Å². The molecule has 88 valence electrons. The highest BCUT2D eigenvalue weighted by Crippen LogP contribution is 2.24. The molecule has 1 aromatic carbocycles. The Hall–Kier alpha value is -1.24. The largest absolute Gasteiger partial charge is 0.478 e. The molecule has 0 spiro atoms. The van der Waals surface area contributed by atoms with E-state index < -0.39 is 29.7 Å². The lowest BCUT2D eigenvalue weighted by molar-refractivity contribution is -0.0500. The molecule has 0 heterocycles. The fraction of sp³-hybridized carbons (Fsp3) is 0.222. The van der Waals surface area contributed by atoms with Gasteiger partial charge < -0.3 is 9.84 Å². The quantitative estimate of drug-likeness (QED) is 0.869. The summed E-state index contributed by atoms with van der Waals surface area (Å²) < 4.78 is 41.0. The zero-order chi connectivity index (χ0) is 12.3. The number of benzene rings is 1. The van der Waals surface area contributed by atoms with E-state index >= 15 is 0 Å². The highest BCUT2D eigenvalue weighted by molar-refractivity contribution is 9.08. The molecule has 0 radical (unpaired) electrons. The molecular weight excluding hydrogens is 293 g/mol. The molecule has 1 N–H and O–H groups in total. The van der Waals surface area contributed by atoms with Crippen LogP contribution in [0.1, 0.15) is 15.9 Å². The Kier molecular flexibility index (Phi) is 4.17. The third kappa shape index (κ3) is 2.88. The van der Waals surface area contributed by atoms with E-state index in [0.29, 0.717) is 6.07 Å². The van der Waals surface area contributed by atoms with Gasteiger partial charge in [-0.3, -0.25) is 0 Å². The molecule has 0 aliphatic carbocycles. The summed E-state index contributed by atoms with van der Waals surface area (Å²) in [6, 6.07) is 1.66. The van der Waals surface area contributed by atoms with Gasteiger partial charge in [0.05, 0.1) is 5.56 Å². The van der Waals surface area contributed by atoms with Gasteiger partial charge in [-0.1, -0.05) is 15.9 Å². The summed E-state index contributed by atoms with van der Waals surface area (Å²) in [6.07, 6.45) is 0. The lowest BCUT2D eigenvalue weighted by Gasteiger charge is -2.09. The molecule has 1 aromatic rings. The first kappa shape index (κ1) is 12.8. The first-order chi connectivity index (χ1) is 7.45. The van der Waals surface area contributed by atoms with Crippen molar-refractivity contribution in [2.24, 2.45) is 0 Å². The third-order valence-corrected chi connectivity index (χ3v) is 2.33. The number of hydrogen-bond donors (Lipinski definition) is 1. The zero-order valence-electron chi connectivity index (χ0n) is 7.71. The minimum Gasteiger partial charge on any atom is -0.478 e. The Labute approximate surface area is 97.0 Å². The number of carboxylic acids is 1. The molecule has 1 rings (SSSR count). The fourth-order valence-electron chi connectivity index (χ4n) is 1.15. The molecule has 0 saturated carbocycles. The van der Waals surface area contributed by atoms with Gasteiger partial charge in [0.1, 0.15) is 11.6 Å². The van der Waals surface area contributed by atoms with Crippen LogP contribution in [0.15, 0.2) is 12.1 Å². The average molecular weight is 299 g/mol. The average Bonchev–Trinajstić information content (AvgIpc) is 2.14. The molecule has 0 fully saturated rings. The first-order valence-electron chi connectivity index (χ1n) is 4.02. The molecule has 0 bridgehead atoms. The molecule has 16 heavy (non-hydrogen) atoms. The molecule has 0 aliphatic heterocycles. The zero-order valence-corrected chi connectivity index (χ0v) is 9.30. The maximum atomic E-state index is 13.3. The topological polar surface area (TPSA) is 46.5 Å². The molecular formula is C9H6BrF3O3. The monoisotopic (exact) mass is 298 g/mol. The highest BCUT2D eigenvalue weighted by atomic mass is 79.9. The predicted molar refractivity (Wildman–Crippen MR) is 52.6 cm³/mol. The van der Waals surface area contributed by atoms with Crippen LogP contribution in [-0.2, 0) is 5.33 Å². The molecule has 0 unspecified atom stereocenters. The summed E-state index contributed by atoms with van der Waals surface area (Å²) >= 11 is 2.94. The maximum Gasteiger partial charge on any atom is 0.387 e. The minimum atomic E-state index is -3.08. The number of halogens is 4. The minimum absolute atomic E-state index is 0.0198. The lowest BCUT2D eigenvalue weighted by Crippen LogP contribution is -2.08. The van der Waals surface area contributed by atoms with E-state index in [9.17, 15) is 18.0 Å². The SMILES string of the molecule is O=C(O)c1c(F)cc(OC(F)F)cc1CBr. The van der Waals surface area contributed by atoms with Gasteiger partial charge in [0.15, 0.2) is 0 Å². The number of ether oxygens (including phenoxy) is 1. The van der Waals surface area contributed by atoms with Crippen molar-refractivity contribution in [1.29, 1.82) is 0 Å². The Morgan fingerprint density at radius 1 is 1.50 bits per heavy atom. The summed E-state index contributed by atoms with van der Waals surface area (Å²) in [5.74, 6) is -2.98. The Bertz CT molecular complexity index is 409. The van der Waals surface area contributed by atoms with Crippen LogP contribution in [0.5, 0.6) is 5.75 Å². The van der Waals surface area contributed by atoms with Crippen LogP contribution in [-0.4, -0.2) is 17.7 Å². The number of carboxylic acid groups (broad SMARTS) is 1. The van der Waals surface area contributed by atoms with E-state index in [2.05, 4.69) is 20.7 Å². The normalized spacial score (nSPS) is 10.6. The van der Waals surface area contributed by atoms with Crippen molar-refractivity contribution in [3.63, 3.8) is 0 Å². The number of hydrogen-bond acceptors (Lipinski definition) is 2. The van der Waals surface area contributed by atoms with Crippen molar-refractivity contribution >= 4 is 21.9 Å². The Balaban J connectivity index is 3.21. The molecule has 0 amide bonds. The van der Waals surface area contributed by atoms with Crippen LogP contribution in [0, 0.1) is 5.82 Å². The fourth-order valence-corrected chi connectivity index (χ4v) is 1.59. The predicted octanol–water partition coefficient (Wildman–Crippen LogP) is 3.02. The second-order valence-electron chi connectivity index (χ2n) is 2.76. The molecule has 0 aliphatic rings. The van der Waals surface area contributed by atoms with E-state index in [1.54, 1.807) is 0 Å². The van der Waals surface area contributed by atoms with Crippen molar-refractivity contribution in [1.82, 2.24) is 0 Å². The van der Waals surface area contributed by atoms with Crippen LogP contribution in [0.3, 0.4) is 0 Å². The van der Waals surface area contributed by atoms with E-state index in [0.717, 1.165) is 6.07 Å². The summed E-state index contributed by atoms with van der Waals surface area (Å²) in [6.45, 7) is -3.08. The maximum absolute atomic E-state index is 13.3. The summed E-state index contributed by atoms with van der Waals surface area (Å²) in [7, 11) is 0. The lowest BCUT2D eigenvalue weighted by atomic mass is 10.1. The number of alkyl halides is 3. The Morgan fingerprint density at radius 2 is 2.12 bits per heavy atom. The van der Waals surface area contributed by atoms with Crippen LogP contribution in [0.4, 0.5) is 13.2 Å². The summed E-state index contributed by atoms with van der Waals surface area (Å²) in [5, 5.41) is 8.72. The Morgan fingerprint density at radius 3 is 2.56 bits per heavy atom. The standard InChI is InChI=1S/C9H6BrF3O3/c10-3-4-1-5(16-9(12)13)2-6(11)7(4)8(14)15/h1-2,9H,3H2,(H,14,15). The van der Waals surface area contributed by atoms with E-state index in [4.69, 9.17) is 5.11 Å². The number of rotatable bonds is 4.